The maximum Gasteiger partial charge on any atom is 0.331 e. The maximum absolute atomic E-state index is 12.2. The average molecular weight is 369 g/mol. The Morgan fingerprint density at radius 1 is 1.04 bits per heavy atom. The molecule has 0 radical (unpaired) electrons. The molecule has 0 unspecified atom stereocenters. The molecule has 2 rings (SSSR count). The quantitative estimate of drug-likeness (QED) is 0.596. The molecule has 0 saturated carbocycles. The second-order valence-corrected chi connectivity index (χ2v) is 5.83. The molecule has 0 aliphatic heterocycles. The van der Waals surface area contributed by atoms with Gasteiger partial charge in [0.25, 0.3) is 5.91 Å². The number of carbonyl (C=O) groups excluding carboxylic acids is 2. The Morgan fingerprint density at radius 3 is 2.41 bits per heavy atom. The van der Waals surface area contributed by atoms with Crippen molar-refractivity contribution in [2.45, 2.75) is 20.0 Å². The molecule has 0 aliphatic carbocycles. The Morgan fingerprint density at radius 2 is 1.74 bits per heavy atom. The lowest BCUT2D eigenvalue weighted by Gasteiger charge is -2.13. The van der Waals surface area contributed by atoms with Crippen LogP contribution >= 0.6 is 0 Å². The van der Waals surface area contributed by atoms with E-state index in [4.69, 9.17) is 14.2 Å². The smallest absolute Gasteiger partial charge is 0.331 e. The Balaban J connectivity index is 1.95. The summed E-state index contributed by atoms with van der Waals surface area (Å²) in [6.45, 7) is 3.41. The van der Waals surface area contributed by atoms with Crippen LogP contribution < -0.4 is 14.8 Å². The lowest BCUT2D eigenvalue weighted by molar-refractivity contribution is -0.148. The molecule has 0 fully saturated rings. The number of amides is 1. The zero-order valence-corrected chi connectivity index (χ0v) is 15.8. The summed E-state index contributed by atoms with van der Waals surface area (Å²) in [6.07, 6.45) is 1.92. The van der Waals surface area contributed by atoms with E-state index in [1.807, 2.05) is 25.1 Å². The molecule has 6 nitrogen and oxygen atoms in total. The highest BCUT2D eigenvalue weighted by atomic mass is 16.5. The van der Waals surface area contributed by atoms with Crippen LogP contribution in [0.25, 0.3) is 6.08 Å². The number of anilines is 1. The van der Waals surface area contributed by atoms with E-state index in [0.29, 0.717) is 17.2 Å². The molecule has 1 atom stereocenters. The number of para-hydroxylation sites is 1. The van der Waals surface area contributed by atoms with Gasteiger partial charge in [0, 0.05) is 11.8 Å². The Bertz CT molecular complexity index is 844. The number of hydrogen-bond acceptors (Lipinski definition) is 5. The molecule has 2 aromatic carbocycles. The summed E-state index contributed by atoms with van der Waals surface area (Å²) in [6, 6.07) is 12.6. The van der Waals surface area contributed by atoms with Crippen molar-refractivity contribution < 1.29 is 23.8 Å². The van der Waals surface area contributed by atoms with E-state index < -0.39 is 18.0 Å². The number of rotatable bonds is 7. The van der Waals surface area contributed by atoms with E-state index in [0.717, 1.165) is 11.1 Å². The Kier molecular flexibility index (Phi) is 7.00. The number of methoxy groups -OCH3 is 2. The summed E-state index contributed by atoms with van der Waals surface area (Å²) < 4.78 is 15.5. The minimum absolute atomic E-state index is 0.392. The van der Waals surface area contributed by atoms with Crippen molar-refractivity contribution in [3.05, 3.63) is 59.7 Å². The van der Waals surface area contributed by atoms with Gasteiger partial charge in [0.05, 0.1) is 14.2 Å². The Hall–Kier alpha value is -3.28. The molecule has 0 bridgehead atoms. The first-order chi connectivity index (χ1) is 12.9. The van der Waals surface area contributed by atoms with Crippen molar-refractivity contribution in [2.75, 3.05) is 19.5 Å². The van der Waals surface area contributed by atoms with Gasteiger partial charge in [-0.15, -0.1) is 0 Å². The van der Waals surface area contributed by atoms with Crippen LogP contribution in [0.4, 0.5) is 5.69 Å². The molecule has 2 aromatic rings. The van der Waals surface area contributed by atoms with Gasteiger partial charge in [-0.25, -0.2) is 4.79 Å². The van der Waals surface area contributed by atoms with Gasteiger partial charge in [0.1, 0.15) is 0 Å². The van der Waals surface area contributed by atoms with Gasteiger partial charge in [0.2, 0.25) is 0 Å². The lowest BCUT2D eigenvalue weighted by Crippen LogP contribution is -2.29. The van der Waals surface area contributed by atoms with Gasteiger partial charge >= 0.3 is 5.97 Å². The molecular weight excluding hydrogens is 346 g/mol. The van der Waals surface area contributed by atoms with Crippen molar-refractivity contribution >= 4 is 23.6 Å². The van der Waals surface area contributed by atoms with Crippen molar-refractivity contribution in [1.29, 1.82) is 0 Å². The van der Waals surface area contributed by atoms with Crippen LogP contribution in [0, 0.1) is 6.92 Å². The van der Waals surface area contributed by atoms with Crippen LogP contribution in [0.3, 0.4) is 0 Å². The van der Waals surface area contributed by atoms with Crippen molar-refractivity contribution in [3.63, 3.8) is 0 Å². The van der Waals surface area contributed by atoms with E-state index >= 15 is 0 Å². The molecule has 1 N–H and O–H groups in total. The largest absolute Gasteiger partial charge is 0.493 e. The minimum Gasteiger partial charge on any atom is -0.493 e. The van der Waals surface area contributed by atoms with Gasteiger partial charge in [0.15, 0.2) is 17.6 Å². The fourth-order valence-electron chi connectivity index (χ4n) is 2.34. The molecule has 6 heteroatoms. The molecular formula is C21H23NO5. The standard InChI is InChI=1S/C21H23NO5/c1-14-7-5-6-8-17(14)22-21(24)15(2)27-20(23)12-10-16-9-11-18(25-3)19(13-16)26-4/h5-13,15H,1-4H3,(H,22,24)/b12-10+/t15-/m1/s1. The topological polar surface area (TPSA) is 73.9 Å². The van der Waals surface area contributed by atoms with Crippen molar-refractivity contribution in [1.82, 2.24) is 0 Å². The summed E-state index contributed by atoms with van der Waals surface area (Å²) >= 11 is 0. The predicted molar refractivity (Wildman–Crippen MR) is 104 cm³/mol. The van der Waals surface area contributed by atoms with Crippen LogP contribution in [0.2, 0.25) is 0 Å². The van der Waals surface area contributed by atoms with E-state index in [9.17, 15) is 9.59 Å². The van der Waals surface area contributed by atoms with Crippen LogP contribution in [0.15, 0.2) is 48.5 Å². The van der Waals surface area contributed by atoms with Crippen LogP contribution in [-0.4, -0.2) is 32.2 Å². The molecule has 0 saturated heterocycles. The monoisotopic (exact) mass is 369 g/mol. The summed E-state index contributed by atoms with van der Waals surface area (Å²) in [7, 11) is 3.09. The fraction of sp³-hybridized carbons (Fsp3) is 0.238. The normalized spacial score (nSPS) is 11.7. The molecule has 0 heterocycles. The predicted octanol–water partition coefficient (Wildman–Crippen LogP) is 3.60. The minimum atomic E-state index is -0.924. The summed E-state index contributed by atoms with van der Waals surface area (Å²) in [4.78, 5) is 24.2. The zero-order chi connectivity index (χ0) is 19.8. The SMILES string of the molecule is COc1ccc(/C=C/C(=O)O[C@H](C)C(=O)Nc2ccccc2C)cc1OC. The fourth-order valence-corrected chi connectivity index (χ4v) is 2.34. The van der Waals surface area contributed by atoms with Crippen LogP contribution in [0.1, 0.15) is 18.1 Å². The first kappa shape index (κ1) is 20.0. The average Bonchev–Trinajstić information content (AvgIpc) is 2.67. The van der Waals surface area contributed by atoms with Crippen LogP contribution in [-0.2, 0) is 14.3 Å². The number of carbonyl (C=O) groups is 2. The molecule has 0 aromatic heterocycles. The van der Waals surface area contributed by atoms with Crippen molar-refractivity contribution in [2.24, 2.45) is 0 Å². The van der Waals surface area contributed by atoms with Gasteiger partial charge in [-0.2, -0.15) is 0 Å². The molecule has 142 valence electrons. The molecule has 0 aliphatic rings. The van der Waals surface area contributed by atoms with E-state index in [1.165, 1.54) is 20.1 Å². The third kappa shape index (κ3) is 5.60. The summed E-state index contributed by atoms with van der Waals surface area (Å²) in [5.41, 5.74) is 2.35. The first-order valence-corrected chi connectivity index (χ1v) is 8.41. The highest BCUT2D eigenvalue weighted by Gasteiger charge is 2.17. The highest BCUT2D eigenvalue weighted by Crippen LogP contribution is 2.28. The van der Waals surface area contributed by atoms with Gasteiger partial charge < -0.3 is 19.5 Å². The third-order valence-electron chi connectivity index (χ3n) is 3.88. The number of benzene rings is 2. The first-order valence-electron chi connectivity index (χ1n) is 8.41. The number of esters is 1. The number of hydrogen-bond donors (Lipinski definition) is 1. The second kappa shape index (κ2) is 9.43. The number of ether oxygens (including phenoxy) is 3. The van der Waals surface area contributed by atoms with Gasteiger partial charge in [-0.1, -0.05) is 24.3 Å². The van der Waals surface area contributed by atoms with Gasteiger partial charge in [-0.3, -0.25) is 4.79 Å². The summed E-state index contributed by atoms with van der Waals surface area (Å²) in [5.74, 6) is 0.145. The van der Waals surface area contributed by atoms with E-state index in [1.54, 1.807) is 37.5 Å². The van der Waals surface area contributed by atoms with Crippen LogP contribution in [0.5, 0.6) is 11.5 Å². The Labute approximate surface area is 158 Å². The summed E-state index contributed by atoms with van der Waals surface area (Å²) in [5, 5.41) is 2.75. The molecule has 0 spiro atoms. The highest BCUT2D eigenvalue weighted by molar-refractivity contribution is 5.97. The lowest BCUT2D eigenvalue weighted by atomic mass is 10.2. The number of nitrogens with one attached hydrogen (secondary N) is 1. The van der Waals surface area contributed by atoms with Gasteiger partial charge in [-0.05, 0) is 49.2 Å². The number of aryl methyl sites for hydroxylation is 1. The maximum atomic E-state index is 12.2. The van der Waals surface area contributed by atoms with E-state index in [-0.39, 0.29) is 0 Å². The zero-order valence-electron chi connectivity index (χ0n) is 15.8. The molecule has 27 heavy (non-hydrogen) atoms. The molecule has 1 amide bonds. The second-order valence-electron chi connectivity index (χ2n) is 5.83. The van der Waals surface area contributed by atoms with E-state index in [2.05, 4.69) is 5.32 Å². The van der Waals surface area contributed by atoms with Crippen molar-refractivity contribution in [3.8, 4) is 11.5 Å². The third-order valence-corrected chi connectivity index (χ3v) is 3.88.